The minimum atomic E-state index is -0.219. The number of para-hydroxylation sites is 2. The van der Waals surface area contributed by atoms with Crippen molar-refractivity contribution in [3.63, 3.8) is 0 Å². The van der Waals surface area contributed by atoms with Crippen LogP contribution in [0.1, 0.15) is 31.9 Å². The van der Waals surface area contributed by atoms with Gasteiger partial charge in [0.25, 0.3) is 0 Å². The summed E-state index contributed by atoms with van der Waals surface area (Å²) in [5, 5.41) is 5.85. The SMILES string of the molecule is COc1cccc(CCNC(=O)Nc2ccccc2C(C)(C)C)c1OC. The van der Waals surface area contributed by atoms with Crippen LogP contribution in [-0.2, 0) is 11.8 Å². The van der Waals surface area contributed by atoms with Gasteiger partial charge in [0.1, 0.15) is 0 Å². The van der Waals surface area contributed by atoms with Crippen LogP contribution in [0, 0.1) is 0 Å². The fourth-order valence-corrected chi connectivity index (χ4v) is 2.87. The number of ether oxygens (including phenoxy) is 2. The molecule has 0 saturated heterocycles. The fraction of sp³-hybridized carbons (Fsp3) is 0.381. The standard InChI is InChI=1S/C21H28N2O3/c1-21(2,3)16-10-6-7-11-17(16)23-20(24)22-14-13-15-9-8-12-18(25-4)19(15)26-5/h6-12H,13-14H2,1-5H3,(H2,22,23,24). The van der Waals surface area contributed by atoms with Gasteiger partial charge >= 0.3 is 6.03 Å². The Balaban J connectivity index is 1.97. The molecule has 0 aliphatic carbocycles. The molecule has 2 aromatic rings. The van der Waals surface area contributed by atoms with Crippen LogP contribution in [0.2, 0.25) is 0 Å². The molecule has 2 amide bonds. The molecule has 0 heterocycles. The van der Waals surface area contributed by atoms with E-state index in [-0.39, 0.29) is 11.4 Å². The topological polar surface area (TPSA) is 59.6 Å². The van der Waals surface area contributed by atoms with Gasteiger partial charge < -0.3 is 20.1 Å². The summed E-state index contributed by atoms with van der Waals surface area (Å²) in [6.45, 7) is 6.87. The van der Waals surface area contributed by atoms with Crippen LogP contribution < -0.4 is 20.1 Å². The highest BCUT2D eigenvalue weighted by atomic mass is 16.5. The Kier molecular flexibility index (Phi) is 6.50. The molecule has 2 N–H and O–H groups in total. The highest BCUT2D eigenvalue weighted by Crippen LogP contribution is 2.31. The van der Waals surface area contributed by atoms with Gasteiger partial charge in [0, 0.05) is 12.2 Å². The van der Waals surface area contributed by atoms with Gasteiger partial charge in [-0.1, -0.05) is 51.1 Å². The first-order valence-electron chi connectivity index (χ1n) is 8.71. The second-order valence-electron chi connectivity index (χ2n) is 7.08. The number of rotatable bonds is 6. The minimum absolute atomic E-state index is 0.0438. The van der Waals surface area contributed by atoms with Crippen LogP contribution in [0.3, 0.4) is 0 Å². The lowest BCUT2D eigenvalue weighted by molar-refractivity contribution is 0.252. The second kappa shape index (κ2) is 8.61. The average molecular weight is 356 g/mol. The highest BCUT2D eigenvalue weighted by molar-refractivity contribution is 5.90. The van der Waals surface area contributed by atoms with Crippen molar-refractivity contribution >= 4 is 11.7 Å². The Morgan fingerprint density at radius 3 is 2.38 bits per heavy atom. The molecule has 0 radical (unpaired) electrons. The summed E-state index contributed by atoms with van der Waals surface area (Å²) in [6.07, 6.45) is 0.648. The Labute approximate surface area is 155 Å². The summed E-state index contributed by atoms with van der Waals surface area (Å²) < 4.78 is 10.7. The lowest BCUT2D eigenvalue weighted by Crippen LogP contribution is -2.31. The molecule has 5 heteroatoms. The first-order chi connectivity index (χ1) is 12.4. The number of carbonyl (C=O) groups is 1. The van der Waals surface area contributed by atoms with E-state index < -0.39 is 0 Å². The quantitative estimate of drug-likeness (QED) is 0.808. The number of amides is 2. The van der Waals surface area contributed by atoms with E-state index in [0.717, 1.165) is 16.8 Å². The van der Waals surface area contributed by atoms with Gasteiger partial charge in [-0.15, -0.1) is 0 Å². The highest BCUT2D eigenvalue weighted by Gasteiger charge is 2.18. The molecular weight excluding hydrogens is 328 g/mol. The lowest BCUT2D eigenvalue weighted by Gasteiger charge is -2.23. The summed E-state index contributed by atoms with van der Waals surface area (Å²) >= 11 is 0. The Hall–Kier alpha value is -2.69. The molecule has 0 aromatic heterocycles. The van der Waals surface area contributed by atoms with E-state index in [1.165, 1.54) is 0 Å². The van der Waals surface area contributed by atoms with E-state index in [9.17, 15) is 4.79 Å². The molecule has 2 aromatic carbocycles. The molecule has 0 fully saturated rings. The van der Waals surface area contributed by atoms with E-state index in [1.807, 2.05) is 42.5 Å². The maximum Gasteiger partial charge on any atom is 0.319 e. The predicted octanol–water partition coefficient (Wildman–Crippen LogP) is 4.37. The zero-order valence-corrected chi connectivity index (χ0v) is 16.2. The minimum Gasteiger partial charge on any atom is -0.493 e. The zero-order chi connectivity index (χ0) is 19.2. The van der Waals surface area contributed by atoms with E-state index in [0.29, 0.717) is 24.5 Å². The fourth-order valence-electron chi connectivity index (χ4n) is 2.87. The summed E-state index contributed by atoms with van der Waals surface area (Å²) in [5.41, 5.74) is 2.88. The third-order valence-corrected chi connectivity index (χ3v) is 4.15. The van der Waals surface area contributed by atoms with Gasteiger partial charge in [0.2, 0.25) is 0 Å². The van der Waals surface area contributed by atoms with E-state index in [4.69, 9.17) is 9.47 Å². The molecule has 0 saturated carbocycles. The van der Waals surface area contributed by atoms with Crippen molar-refractivity contribution in [2.45, 2.75) is 32.6 Å². The number of carbonyl (C=O) groups excluding carboxylic acids is 1. The first-order valence-corrected chi connectivity index (χ1v) is 8.71. The largest absolute Gasteiger partial charge is 0.493 e. The molecule has 0 spiro atoms. The van der Waals surface area contributed by atoms with Crippen LogP contribution in [0.15, 0.2) is 42.5 Å². The molecular formula is C21H28N2O3. The monoisotopic (exact) mass is 356 g/mol. The van der Waals surface area contributed by atoms with Crippen molar-refractivity contribution in [1.29, 1.82) is 0 Å². The van der Waals surface area contributed by atoms with Crippen LogP contribution in [-0.4, -0.2) is 26.8 Å². The van der Waals surface area contributed by atoms with Gasteiger partial charge in [-0.05, 0) is 35.1 Å². The molecule has 0 aliphatic rings. The van der Waals surface area contributed by atoms with E-state index >= 15 is 0 Å². The van der Waals surface area contributed by atoms with Crippen LogP contribution in [0.4, 0.5) is 10.5 Å². The van der Waals surface area contributed by atoms with E-state index in [1.54, 1.807) is 14.2 Å². The number of hydrogen-bond donors (Lipinski definition) is 2. The number of hydrogen-bond acceptors (Lipinski definition) is 3. The summed E-state index contributed by atoms with van der Waals surface area (Å²) in [7, 11) is 3.23. The summed E-state index contributed by atoms with van der Waals surface area (Å²) in [4.78, 5) is 12.3. The second-order valence-corrected chi connectivity index (χ2v) is 7.08. The van der Waals surface area contributed by atoms with Crippen LogP contribution in [0.5, 0.6) is 11.5 Å². The number of methoxy groups -OCH3 is 2. The van der Waals surface area contributed by atoms with Crippen molar-refractivity contribution in [3.05, 3.63) is 53.6 Å². The molecule has 2 rings (SSSR count). The third-order valence-electron chi connectivity index (χ3n) is 4.15. The first kappa shape index (κ1) is 19.6. The summed E-state index contributed by atoms with van der Waals surface area (Å²) in [5.74, 6) is 1.39. The van der Waals surface area contributed by atoms with Crippen molar-refractivity contribution in [2.24, 2.45) is 0 Å². The Bertz CT molecular complexity index is 751. The Morgan fingerprint density at radius 2 is 1.73 bits per heavy atom. The normalized spacial score (nSPS) is 11.0. The molecule has 5 nitrogen and oxygen atoms in total. The lowest BCUT2D eigenvalue weighted by atomic mass is 9.86. The smallest absolute Gasteiger partial charge is 0.319 e. The summed E-state index contributed by atoms with van der Waals surface area (Å²) in [6, 6.07) is 13.4. The molecule has 140 valence electrons. The molecule has 0 aliphatic heterocycles. The number of benzene rings is 2. The number of anilines is 1. The zero-order valence-electron chi connectivity index (χ0n) is 16.2. The third kappa shape index (κ3) is 4.91. The van der Waals surface area contributed by atoms with Crippen molar-refractivity contribution < 1.29 is 14.3 Å². The molecule has 0 unspecified atom stereocenters. The van der Waals surface area contributed by atoms with Gasteiger partial charge in [-0.2, -0.15) is 0 Å². The predicted molar refractivity (Wildman–Crippen MR) is 105 cm³/mol. The Morgan fingerprint density at radius 1 is 1.00 bits per heavy atom. The van der Waals surface area contributed by atoms with Crippen molar-refractivity contribution in [2.75, 3.05) is 26.1 Å². The molecule has 0 bridgehead atoms. The van der Waals surface area contributed by atoms with Crippen molar-refractivity contribution in [3.8, 4) is 11.5 Å². The maximum atomic E-state index is 12.3. The molecule has 26 heavy (non-hydrogen) atoms. The van der Waals surface area contributed by atoms with Gasteiger partial charge in [-0.25, -0.2) is 4.79 Å². The van der Waals surface area contributed by atoms with Gasteiger partial charge in [0.05, 0.1) is 14.2 Å². The van der Waals surface area contributed by atoms with Gasteiger partial charge in [-0.3, -0.25) is 0 Å². The molecule has 0 atom stereocenters. The maximum absolute atomic E-state index is 12.3. The van der Waals surface area contributed by atoms with Crippen LogP contribution in [0.25, 0.3) is 0 Å². The number of urea groups is 1. The average Bonchev–Trinajstić information content (AvgIpc) is 2.61. The van der Waals surface area contributed by atoms with E-state index in [2.05, 4.69) is 31.4 Å². The van der Waals surface area contributed by atoms with Crippen LogP contribution >= 0.6 is 0 Å². The number of nitrogens with one attached hydrogen (secondary N) is 2. The van der Waals surface area contributed by atoms with Crippen molar-refractivity contribution in [1.82, 2.24) is 5.32 Å². The van der Waals surface area contributed by atoms with Gasteiger partial charge in [0.15, 0.2) is 11.5 Å².